The van der Waals surface area contributed by atoms with Crippen LogP contribution in [0.4, 0.5) is 0 Å². The first kappa shape index (κ1) is 13.1. The molecular formula is C15H21NO2. The molecule has 1 aliphatic rings. The van der Waals surface area contributed by atoms with Crippen molar-refractivity contribution >= 4 is 5.91 Å². The summed E-state index contributed by atoms with van der Waals surface area (Å²) in [6, 6.07) is 9.95. The fourth-order valence-corrected chi connectivity index (χ4v) is 2.18. The highest BCUT2D eigenvalue weighted by Crippen LogP contribution is 2.16. The number of benzene rings is 1. The van der Waals surface area contributed by atoms with Crippen molar-refractivity contribution in [3.05, 3.63) is 35.9 Å². The van der Waals surface area contributed by atoms with E-state index < -0.39 is 0 Å². The van der Waals surface area contributed by atoms with Crippen LogP contribution in [0.2, 0.25) is 0 Å². The van der Waals surface area contributed by atoms with E-state index in [0.29, 0.717) is 6.61 Å². The average Bonchev–Trinajstić information content (AvgIpc) is 2.40. The molecule has 2 rings (SSSR count). The number of carbonyl (C=O) groups is 1. The van der Waals surface area contributed by atoms with E-state index in [1.165, 1.54) is 0 Å². The molecule has 18 heavy (non-hydrogen) atoms. The zero-order valence-electron chi connectivity index (χ0n) is 11.0. The standard InChI is InChI=1S/C15H21NO2/c1-13-7-9-16(10-8-13)15(17)12-18-11-14-5-3-2-4-6-14/h2-6,13H,7-12H2,1H3. The number of hydrogen-bond acceptors (Lipinski definition) is 2. The van der Waals surface area contributed by atoms with Crippen molar-refractivity contribution in [3.63, 3.8) is 0 Å². The lowest BCUT2D eigenvalue weighted by atomic mass is 9.99. The van der Waals surface area contributed by atoms with Crippen LogP contribution in [0.25, 0.3) is 0 Å². The predicted octanol–water partition coefficient (Wildman–Crippen LogP) is 2.46. The van der Waals surface area contributed by atoms with Gasteiger partial charge in [-0.1, -0.05) is 37.3 Å². The van der Waals surface area contributed by atoms with Gasteiger partial charge in [0.2, 0.25) is 5.91 Å². The second-order valence-corrected chi connectivity index (χ2v) is 5.04. The van der Waals surface area contributed by atoms with Crippen molar-refractivity contribution in [2.24, 2.45) is 5.92 Å². The number of likely N-dealkylation sites (tertiary alicyclic amines) is 1. The van der Waals surface area contributed by atoms with E-state index in [1.807, 2.05) is 35.2 Å². The molecule has 0 bridgehead atoms. The first-order chi connectivity index (χ1) is 8.75. The number of rotatable bonds is 4. The van der Waals surface area contributed by atoms with Crippen molar-refractivity contribution in [1.82, 2.24) is 4.90 Å². The van der Waals surface area contributed by atoms with Crippen molar-refractivity contribution in [1.29, 1.82) is 0 Å². The van der Waals surface area contributed by atoms with Crippen LogP contribution in [0.1, 0.15) is 25.3 Å². The van der Waals surface area contributed by atoms with Gasteiger partial charge < -0.3 is 9.64 Å². The molecule has 98 valence electrons. The van der Waals surface area contributed by atoms with Crippen LogP contribution >= 0.6 is 0 Å². The lowest BCUT2D eigenvalue weighted by Gasteiger charge is -2.30. The predicted molar refractivity (Wildman–Crippen MR) is 71.1 cm³/mol. The molecule has 0 aliphatic carbocycles. The van der Waals surface area contributed by atoms with Crippen LogP contribution in [0.15, 0.2) is 30.3 Å². The number of ether oxygens (including phenoxy) is 1. The summed E-state index contributed by atoms with van der Waals surface area (Å²) < 4.78 is 5.47. The molecule has 1 saturated heterocycles. The van der Waals surface area contributed by atoms with Crippen LogP contribution in [0, 0.1) is 5.92 Å². The van der Waals surface area contributed by atoms with E-state index in [9.17, 15) is 4.79 Å². The molecule has 1 aliphatic heterocycles. The Morgan fingerprint density at radius 2 is 1.94 bits per heavy atom. The number of piperidine rings is 1. The van der Waals surface area contributed by atoms with E-state index in [-0.39, 0.29) is 12.5 Å². The van der Waals surface area contributed by atoms with Gasteiger partial charge in [-0.15, -0.1) is 0 Å². The van der Waals surface area contributed by atoms with Gasteiger partial charge in [0, 0.05) is 13.1 Å². The fraction of sp³-hybridized carbons (Fsp3) is 0.533. The summed E-state index contributed by atoms with van der Waals surface area (Å²) >= 11 is 0. The van der Waals surface area contributed by atoms with E-state index in [0.717, 1.165) is 37.4 Å². The minimum absolute atomic E-state index is 0.123. The van der Waals surface area contributed by atoms with Gasteiger partial charge in [-0.05, 0) is 24.3 Å². The van der Waals surface area contributed by atoms with Gasteiger partial charge in [0.25, 0.3) is 0 Å². The average molecular weight is 247 g/mol. The van der Waals surface area contributed by atoms with Gasteiger partial charge >= 0.3 is 0 Å². The second-order valence-electron chi connectivity index (χ2n) is 5.04. The molecule has 0 saturated carbocycles. The van der Waals surface area contributed by atoms with E-state index in [1.54, 1.807) is 0 Å². The monoisotopic (exact) mass is 247 g/mol. The highest BCUT2D eigenvalue weighted by molar-refractivity contribution is 5.77. The Morgan fingerprint density at radius 1 is 1.28 bits per heavy atom. The third-order valence-electron chi connectivity index (χ3n) is 3.47. The molecule has 1 aromatic carbocycles. The van der Waals surface area contributed by atoms with Crippen molar-refractivity contribution < 1.29 is 9.53 Å². The summed E-state index contributed by atoms with van der Waals surface area (Å²) in [7, 11) is 0. The maximum absolute atomic E-state index is 11.9. The molecular weight excluding hydrogens is 226 g/mol. The third kappa shape index (κ3) is 3.84. The maximum atomic E-state index is 11.9. The summed E-state index contributed by atoms with van der Waals surface area (Å²) in [6.45, 7) is 4.72. The topological polar surface area (TPSA) is 29.5 Å². The molecule has 0 unspecified atom stereocenters. The van der Waals surface area contributed by atoms with E-state index in [4.69, 9.17) is 4.74 Å². The smallest absolute Gasteiger partial charge is 0.248 e. The number of amides is 1. The zero-order chi connectivity index (χ0) is 12.8. The molecule has 0 aromatic heterocycles. The molecule has 1 heterocycles. The van der Waals surface area contributed by atoms with Crippen LogP contribution in [-0.4, -0.2) is 30.5 Å². The Morgan fingerprint density at radius 3 is 2.61 bits per heavy atom. The molecule has 1 amide bonds. The second kappa shape index (κ2) is 6.55. The Balaban J connectivity index is 1.69. The summed E-state index contributed by atoms with van der Waals surface area (Å²) in [4.78, 5) is 13.8. The van der Waals surface area contributed by atoms with Gasteiger partial charge in [0.15, 0.2) is 0 Å². The Hall–Kier alpha value is -1.35. The molecule has 1 aromatic rings. The minimum atomic E-state index is 0.123. The van der Waals surface area contributed by atoms with Crippen LogP contribution < -0.4 is 0 Å². The summed E-state index contributed by atoms with van der Waals surface area (Å²) in [5.41, 5.74) is 1.11. The normalized spacial score (nSPS) is 16.8. The van der Waals surface area contributed by atoms with Crippen molar-refractivity contribution in [3.8, 4) is 0 Å². The minimum Gasteiger partial charge on any atom is -0.367 e. The van der Waals surface area contributed by atoms with Crippen molar-refractivity contribution in [2.75, 3.05) is 19.7 Å². The van der Waals surface area contributed by atoms with Crippen LogP contribution in [0.3, 0.4) is 0 Å². The Kier molecular flexibility index (Phi) is 4.76. The van der Waals surface area contributed by atoms with E-state index >= 15 is 0 Å². The van der Waals surface area contributed by atoms with Gasteiger partial charge in [0.1, 0.15) is 6.61 Å². The Bertz CT molecular complexity index is 369. The maximum Gasteiger partial charge on any atom is 0.248 e. The summed E-state index contributed by atoms with van der Waals surface area (Å²) in [6.07, 6.45) is 2.23. The number of carbonyl (C=O) groups excluding carboxylic acids is 1. The van der Waals surface area contributed by atoms with Gasteiger partial charge in [-0.3, -0.25) is 4.79 Å². The van der Waals surface area contributed by atoms with Gasteiger partial charge in [0.05, 0.1) is 6.61 Å². The Labute approximate surface area is 109 Å². The van der Waals surface area contributed by atoms with E-state index in [2.05, 4.69) is 6.92 Å². The number of nitrogens with zero attached hydrogens (tertiary/aromatic N) is 1. The molecule has 0 radical (unpaired) electrons. The zero-order valence-corrected chi connectivity index (χ0v) is 11.0. The summed E-state index contributed by atoms with van der Waals surface area (Å²) in [5.74, 6) is 0.872. The SMILES string of the molecule is CC1CCN(C(=O)COCc2ccccc2)CC1. The van der Waals surface area contributed by atoms with Crippen LogP contribution in [-0.2, 0) is 16.1 Å². The summed E-state index contributed by atoms with van der Waals surface area (Å²) in [5, 5.41) is 0. The number of hydrogen-bond donors (Lipinski definition) is 0. The molecule has 3 heteroatoms. The quantitative estimate of drug-likeness (QED) is 0.818. The molecule has 0 atom stereocenters. The fourth-order valence-electron chi connectivity index (χ4n) is 2.18. The largest absolute Gasteiger partial charge is 0.367 e. The molecule has 0 spiro atoms. The molecule has 1 fully saturated rings. The molecule has 3 nitrogen and oxygen atoms in total. The van der Waals surface area contributed by atoms with Gasteiger partial charge in [-0.2, -0.15) is 0 Å². The van der Waals surface area contributed by atoms with Crippen LogP contribution in [0.5, 0.6) is 0 Å². The lowest BCUT2D eigenvalue weighted by Crippen LogP contribution is -2.39. The highest BCUT2D eigenvalue weighted by atomic mass is 16.5. The molecule has 0 N–H and O–H groups in total. The third-order valence-corrected chi connectivity index (χ3v) is 3.47. The highest BCUT2D eigenvalue weighted by Gasteiger charge is 2.19. The first-order valence-electron chi connectivity index (χ1n) is 6.65. The first-order valence-corrected chi connectivity index (χ1v) is 6.65. The lowest BCUT2D eigenvalue weighted by molar-refractivity contribution is -0.137. The van der Waals surface area contributed by atoms with Crippen molar-refractivity contribution in [2.45, 2.75) is 26.4 Å². The van der Waals surface area contributed by atoms with Gasteiger partial charge in [-0.25, -0.2) is 0 Å².